The van der Waals surface area contributed by atoms with Gasteiger partial charge in [0.15, 0.2) is 11.5 Å². The highest BCUT2D eigenvalue weighted by Crippen LogP contribution is 2.33. The van der Waals surface area contributed by atoms with Gasteiger partial charge in [0.25, 0.3) is 0 Å². The van der Waals surface area contributed by atoms with Gasteiger partial charge >= 0.3 is 0 Å². The van der Waals surface area contributed by atoms with Gasteiger partial charge in [0, 0.05) is 17.4 Å². The summed E-state index contributed by atoms with van der Waals surface area (Å²) < 4.78 is 11.0. The van der Waals surface area contributed by atoms with Crippen LogP contribution >= 0.6 is 0 Å². The Morgan fingerprint density at radius 3 is 2.07 bits per heavy atom. The average Bonchev–Trinajstić information content (AvgIpc) is 2.67. The van der Waals surface area contributed by atoms with Crippen molar-refractivity contribution in [3.8, 4) is 11.5 Å². The molecule has 6 heteroatoms. The number of hydrogen-bond acceptors (Lipinski definition) is 4. The number of nitrogens with one attached hydrogen (secondary N) is 2. The highest BCUT2D eigenvalue weighted by atomic mass is 16.6. The Balaban J connectivity index is 1.67. The molecule has 2 amide bonds. The largest absolute Gasteiger partial charge is 0.486 e. The summed E-state index contributed by atoms with van der Waals surface area (Å²) in [6.07, 6.45) is -0.265. The molecular weight excluding hydrogens is 368 g/mol. The summed E-state index contributed by atoms with van der Waals surface area (Å²) in [6.45, 7) is 9.33. The van der Waals surface area contributed by atoms with E-state index in [1.54, 1.807) is 18.2 Å². The zero-order valence-electron chi connectivity index (χ0n) is 17.4. The fourth-order valence-corrected chi connectivity index (χ4v) is 3.35. The van der Waals surface area contributed by atoms with Crippen LogP contribution in [0.4, 0.5) is 11.4 Å². The van der Waals surface area contributed by atoms with Crippen molar-refractivity contribution < 1.29 is 19.1 Å². The fraction of sp³-hybridized carbons (Fsp3) is 0.391. The number of carbonyl (C=O) groups excluding carboxylic acids is 2. The maximum Gasteiger partial charge on any atom is 0.233 e. The summed E-state index contributed by atoms with van der Waals surface area (Å²) >= 11 is 0. The van der Waals surface area contributed by atoms with Crippen molar-refractivity contribution in [3.05, 3.63) is 47.5 Å². The smallest absolute Gasteiger partial charge is 0.233 e. The molecule has 0 aromatic heterocycles. The number of ether oxygens (including phenoxy) is 2. The van der Waals surface area contributed by atoms with E-state index in [0.717, 1.165) is 16.8 Å². The summed E-state index contributed by atoms with van der Waals surface area (Å²) in [5.74, 6) is 1.04. The lowest BCUT2D eigenvalue weighted by molar-refractivity contribution is -0.123. The number of carbonyl (C=O) groups is 2. The van der Waals surface area contributed by atoms with Gasteiger partial charge in [0.1, 0.15) is 19.6 Å². The van der Waals surface area contributed by atoms with E-state index in [1.807, 2.05) is 18.2 Å². The highest BCUT2D eigenvalue weighted by Gasteiger charge is 2.18. The predicted octanol–water partition coefficient (Wildman–Crippen LogP) is 4.67. The van der Waals surface area contributed by atoms with Crippen LogP contribution in [0.25, 0.3) is 0 Å². The Bertz CT molecular complexity index is 879. The molecular formula is C23H28N2O4. The number of anilines is 2. The van der Waals surface area contributed by atoms with Crippen molar-refractivity contribution >= 4 is 23.2 Å². The molecule has 0 radical (unpaired) electrons. The monoisotopic (exact) mass is 396 g/mol. The molecule has 29 heavy (non-hydrogen) atoms. The van der Waals surface area contributed by atoms with Crippen LogP contribution in [0.3, 0.4) is 0 Å². The summed E-state index contributed by atoms with van der Waals surface area (Å²) in [4.78, 5) is 25.0. The van der Waals surface area contributed by atoms with Crippen LogP contribution in [0.5, 0.6) is 11.5 Å². The van der Waals surface area contributed by atoms with Crippen LogP contribution in [0.1, 0.15) is 57.1 Å². The van der Waals surface area contributed by atoms with E-state index in [0.29, 0.717) is 30.4 Å². The summed E-state index contributed by atoms with van der Waals surface area (Å²) in [5, 5.41) is 5.71. The molecule has 0 atom stereocenters. The summed E-state index contributed by atoms with van der Waals surface area (Å²) in [5.41, 5.74) is 3.51. The predicted molar refractivity (Wildman–Crippen MR) is 114 cm³/mol. The molecule has 2 N–H and O–H groups in total. The third-order valence-electron chi connectivity index (χ3n) is 4.78. The molecule has 0 spiro atoms. The van der Waals surface area contributed by atoms with E-state index in [2.05, 4.69) is 38.3 Å². The van der Waals surface area contributed by atoms with Gasteiger partial charge in [-0.3, -0.25) is 9.59 Å². The van der Waals surface area contributed by atoms with Crippen molar-refractivity contribution in [2.75, 3.05) is 23.8 Å². The Hall–Kier alpha value is -3.02. The molecule has 6 nitrogen and oxygen atoms in total. The second-order valence-corrected chi connectivity index (χ2v) is 7.75. The zero-order chi connectivity index (χ0) is 21.0. The standard InChI is InChI=1S/C23H28N2O4/c1-14(2)17-6-5-7-18(15(3)4)23(17)25-22(27)13-21(26)24-16-8-9-19-20(12-16)29-11-10-28-19/h5-9,12,14-15H,10-11,13H2,1-4H3,(H,24,26)(H,25,27). The van der Waals surface area contributed by atoms with Gasteiger partial charge in [-0.05, 0) is 35.1 Å². The maximum absolute atomic E-state index is 12.6. The lowest BCUT2D eigenvalue weighted by atomic mass is 9.92. The van der Waals surface area contributed by atoms with Gasteiger partial charge in [-0.15, -0.1) is 0 Å². The third-order valence-corrected chi connectivity index (χ3v) is 4.78. The molecule has 1 aliphatic heterocycles. The van der Waals surface area contributed by atoms with Gasteiger partial charge in [-0.1, -0.05) is 45.9 Å². The van der Waals surface area contributed by atoms with Crippen molar-refractivity contribution in [1.82, 2.24) is 0 Å². The van der Waals surface area contributed by atoms with Gasteiger partial charge in [0.05, 0.1) is 0 Å². The van der Waals surface area contributed by atoms with E-state index in [9.17, 15) is 9.59 Å². The van der Waals surface area contributed by atoms with Crippen molar-refractivity contribution in [2.24, 2.45) is 0 Å². The van der Waals surface area contributed by atoms with Crippen LogP contribution in [-0.2, 0) is 9.59 Å². The first-order valence-corrected chi connectivity index (χ1v) is 9.97. The van der Waals surface area contributed by atoms with E-state index < -0.39 is 0 Å². The lowest BCUT2D eigenvalue weighted by Gasteiger charge is -2.20. The van der Waals surface area contributed by atoms with Gasteiger partial charge in [0.2, 0.25) is 11.8 Å². The second kappa shape index (κ2) is 8.99. The van der Waals surface area contributed by atoms with Crippen LogP contribution in [-0.4, -0.2) is 25.0 Å². The maximum atomic E-state index is 12.6. The first kappa shape index (κ1) is 20.7. The van der Waals surface area contributed by atoms with Crippen molar-refractivity contribution in [1.29, 1.82) is 0 Å². The summed E-state index contributed by atoms with van der Waals surface area (Å²) in [7, 11) is 0. The Morgan fingerprint density at radius 2 is 1.45 bits per heavy atom. The molecule has 1 aliphatic rings. The minimum absolute atomic E-state index is 0.260. The van der Waals surface area contributed by atoms with Crippen LogP contribution in [0.2, 0.25) is 0 Å². The number of fused-ring (bicyclic) bond motifs is 1. The minimum Gasteiger partial charge on any atom is -0.486 e. The molecule has 0 saturated carbocycles. The number of amides is 2. The van der Waals surface area contributed by atoms with Crippen molar-refractivity contribution in [3.63, 3.8) is 0 Å². The van der Waals surface area contributed by atoms with E-state index in [4.69, 9.17) is 9.47 Å². The minimum atomic E-state index is -0.382. The van der Waals surface area contributed by atoms with Gasteiger partial charge in [-0.25, -0.2) is 0 Å². The van der Waals surface area contributed by atoms with Gasteiger partial charge < -0.3 is 20.1 Å². The molecule has 154 valence electrons. The first-order valence-electron chi connectivity index (χ1n) is 9.97. The van der Waals surface area contributed by atoms with Gasteiger partial charge in [-0.2, -0.15) is 0 Å². The van der Waals surface area contributed by atoms with Crippen molar-refractivity contribution in [2.45, 2.75) is 46.0 Å². The molecule has 0 bridgehead atoms. The molecule has 1 heterocycles. The van der Waals surface area contributed by atoms with Crippen LogP contribution in [0, 0.1) is 0 Å². The topological polar surface area (TPSA) is 76.7 Å². The second-order valence-electron chi connectivity index (χ2n) is 7.75. The molecule has 3 rings (SSSR count). The van der Waals surface area contributed by atoms with Crippen LogP contribution < -0.4 is 20.1 Å². The summed E-state index contributed by atoms with van der Waals surface area (Å²) in [6, 6.07) is 11.2. The zero-order valence-corrected chi connectivity index (χ0v) is 17.4. The Morgan fingerprint density at radius 1 is 0.862 bits per heavy atom. The normalized spacial score (nSPS) is 12.8. The number of benzene rings is 2. The quantitative estimate of drug-likeness (QED) is 0.696. The first-order chi connectivity index (χ1) is 13.8. The molecule has 2 aromatic rings. The lowest BCUT2D eigenvalue weighted by Crippen LogP contribution is -2.23. The SMILES string of the molecule is CC(C)c1cccc(C(C)C)c1NC(=O)CC(=O)Nc1ccc2c(c1)OCCO2. The molecule has 0 aliphatic carbocycles. The Labute approximate surface area is 171 Å². The molecule has 0 fully saturated rings. The van der Waals surface area contributed by atoms with E-state index in [-0.39, 0.29) is 30.1 Å². The van der Waals surface area contributed by atoms with E-state index >= 15 is 0 Å². The average molecular weight is 396 g/mol. The van der Waals surface area contributed by atoms with Crippen LogP contribution in [0.15, 0.2) is 36.4 Å². The highest BCUT2D eigenvalue weighted by molar-refractivity contribution is 6.08. The Kier molecular flexibility index (Phi) is 6.42. The number of para-hydroxylation sites is 1. The fourth-order valence-electron chi connectivity index (χ4n) is 3.35. The number of hydrogen-bond donors (Lipinski definition) is 2. The molecule has 0 unspecified atom stereocenters. The number of rotatable bonds is 6. The third kappa shape index (κ3) is 5.08. The van der Waals surface area contributed by atoms with E-state index in [1.165, 1.54) is 0 Å². The molecule has 2 aromatic carbocycles. The molecule has 0 saturated heterocycles.